The van der Waals surface area contributed by atoms with Crippen LogP contribution < -0.4 is 5.32 Å². The molecule has 2 N–H and O–H groups in total. The molecule has 1 heterocycles. The van der Waals surface area contributed by atoms with E-state index in [0.29, 0.717) is 16.2 Å². The molecule has 4 nitrogen and oxygen atoms in total. The summed E-state index contributed by atoms with van der Waals surface area (Å²) in [4.78, 5) is 15.9. The molecule has 0 saturated carbocycles. The summed E-state index contributed by atoms with van der Waals surface area (Å²) in [6.07, 6.45) is 0.182. The van der Waals surface area contributed by atoms with Crippen molar-refractivity contribution in [1.82, 2.24) is 10.3 Å². The van der Waals surface area contributed by atoms with Crippen LogP contribution in [0.25, 0.3) is 10.9 Å². The summed E-state index contributed by atoms with van der Waals surface area (Å²) in [5, 5.41) is 12.7. The minimum atomic E-state index is -0.164. The van der Waals surface area contributed by atoms with Crippen LogP contribution in [0.3, 0.4) is 0 Å². The minimum absolute atomic E-state index is 0.0667. The second-order valence-electron chi connectivity index (χ2n) is 3.86. The van der Waals surface area contributed by atoms with Crippen LogP contribution >= 0.6 is 11.6 Å². The third kappa shape index (κ3) is 2.97. The first-order chi connectivity index (χ1) is 8.70. The molecule has 0 fully saturated rings. The lowest BCUT2D eigenvalue weighted by molar-refractivity contribution is -0.120. The Bertz CT molecular complexity index is 572. The van der Waals surface area contributed by atoms with E-state index in [1.165, 1.54) is 0 Å². The van der Waals surface area contributed by atoms with Crippen molar-refractivity contribution in [3.05, 3.63) is 41.0 Å². The fourth-order valence-electron chi connectivity index (χ4n) is 1.67. The predicted molar refractivity (Wildman–Crippen MR) is 70.6 cm³/mol. The van der Waals surface area contributed by atoms with Crippen molar-refractivity contribution in [2.24, 2.45) is 0 Å². The Morgan fingerprint density at radius 3 is 2.94 bits per heavy atom. The van der Waals surface area contributed by atoms with Gasteiger partial charge >= 0.3 is 0 Å². The van der Waals surface area contributed by atoms with Crippen molar-refractivity contribution in [3.8, 4) is 0 Å². The van der Waals surface area contributed by atoms with Gasteiger partial charge < -0.3 is 10.4 Å². The van der Waals surface area contributed by atoms with Crippen molar-refractivity contribution in [1.29, 1.82) is 0 Å². The highest BCUT2D eigenvalue weighted by Gasteiger charge is 2.06. The van der Waals surface area contributed by atoms with E-state index in [0.717, 1.165) is 5.39 Å². The van der Waals surface area contributed by atoms with E-state index < -0.39 is 0 Å². The van der Waals surface area contributed by atoms with Crippen LogP contribution in [-0.2, 0) is 11.2 Å². The van der Waals surface area contributed by atoms with Crippen LogP contribution in [0.1, 0.15) is 5.69 Å². The fraction of sp³-hybridized carbons (Fsp3) is 0.231. The maximum atomic E-state index is 11.5. The molecule has 18 heavy (non-hydrogen) atoms. The Labute approximate surface area is 110 Å². The van der Waals surface area contributed by atoms with E-state index in [1.54, 1.807) is 12.1 Å². The van der Waals surface area contributed by atoms with Gasteiger partial charge in [-0.15, -0.1) is 0 Å². The number of carbonyl (C=O) groups excluding carboxylic acids is 1. The molecule has 2 rings (SSSR count). The van der Waals surface area contributed by atoms with E-state index in [4.69, 9.17) is 16.7 Å². The molecule has 94 valence electrons. The standard InChI is InChI=1S/C13H13ClN2O2/c14-11-3-1-2-9-4-5-10(16-13(9)11)8-12(18)15-6-7-17/h1-5,17H,6-8H2,(H,15,18). The lowest BCUT2D eigenvalue weighted by Gasteiger charge is -2.05. The normalized spacial score (nSPS) is 10.6. The van der Waals surface area contributed by atoms with E-state index in [2.05, 4.69) is 10.3 Å². The van der Waals surface area contributed by atoms with E-state index in [9.17, 15) is 4.79 Å². The number of nitrogens with zero attached hydrogens (tertiary/aromatic N) is 1. The average molecular weight is 265 g/mol. The first kappa shape index (κ1) is 12.8. The van der Waals surface area contributed by atoms with Gasteiger partial charge in [-0.1, -0.05) is 29.8 Å². The highest BCUT2D eigenvalue weighted by Crippen LogP contribution is 2.21. The van der Waals surface area contributed by atoms with Gasteiger partial charge in [0.25, 0.3) is 0 Å². The quantitative estimate of drug-likeness (QED) is 0.881. The Morgan fingerprint density at radius 2 is 2.17 bits per heavy atom. The van der Waals surface area contributed by atoms with Gasteiger partial charge in [-0.3, -0.25) is 9.78 Å². The molecule has 1 aromatic heterocycles. The smallest absolute Gasteiger partial charge is 0.226 e. The summed E-state index contributed by atoms with van der Waals surface area (Å²) in [5.41, 5.74) is 1.36. The van der Waals surface area contributed by atoms with Gasteiger partial charge in [-0.05, 0) is 12.1 Å². The average Bonchev–Trinajstić information content (AvgIpc) is 2.37. The first-order valence-corrected chi connectivity index (χ1v) is 6.00. The first-order valence-electron chi connectivity index (χ1n) is 5.62. The Morgan fingerprint density at radius 1 is 1.33 bits per heavy atom. The number of aliphatic hydroxyl groups excluding tert-OH is 1. The minimum Gasteiger partial charge on any atom is -0.395 e. The number of carbonyl (C=O) groups is 1. The zero-order valence-corrected chi connectivity index (χ0v) is 10.4. The number of rotatable bonds is 4. The van der Waals surface area contributed by atoms with Crippen LogP contribution in [0, 0.1) is 0 Å². The summed E-state index contributed by atoms with van der Waals surface area (Å²) < 4.78 is 0. The van der Waals surface area contributed by atoms with Gasteiger partial charge in [0.2, 0.25) is 5.91 Å². The molecule has 0 spiro atoms. The van der Waals surface area contributed by atoms with E-state index in [1.807, 2.05) is 18.2 Å². The van der Waals surface area contributed by atoms with Crippen LogP contribution in [0.5, 0.6) is 0 Å². The maximum Gasteiger partial charge on any atom is 0.226 e. The summed E-state index contributed by atoms with van der Waals surface area (Å²) in [6, 6.07) is 9.25. The lowest BCUT2D eigenvalue weighted by Crippen LogP contribution is -2.28. The van der Waals surface area contributed by atoms with Gasteiger partial charge in [0.05, 0.1) is 29.3 Å². The zero-order chi connectivity index (χ0) is 13.0. The SMILES string of the molecule is O=C(Cc1ccc2cccc(Cl)c2n1)NCCO. The Hall–Kier alpha value is -1.65. The largest absolute Gasteiger partial charge is 0.395 e. The maximum absolute atomic E-state index is 11.5. The van der Waals surface area contributed by atoms with Crippen LogP contribution in [0.4, 0.5) is 0 Å². The summed E-state index contributed by atoms with van der Waals surface area (Å²) in [5.74, 6) is -0.164. The Kier molecular flexibility index (Phi) is 4.12. The number of aromatic nitrogens is 1. The molecule has 0 aliphatic rings. The number of nitrogens with one attached hydrogen (secondary N) is 1. The third-order valence-corrected chi connectivity index (χ3v) is 2.81. The van der Waals surface area contributed by atoms with Crippen LogP contribution in [0.15, 0.2) is 30.3 Å². The molecule has 0 saturated heterocycles. The molecular weight excluding hydrogens is 252 g/mol. The molecule has 0 atom stereocenters. The molecule has 2 aromatic rings. The fourth-order valence-corrected chi connectivity index (χ4v) is 1.90. The summed E-state index contributed by atoms with van der Waals surface area (Å²) in [7, 11) is 0. The second kappa shape index (κ2) is 5.80. The number of para-hydroxylation sites is 1. The number of halogens is 1. The Balaban J connectivity index is 2.19. The number of pyridine rings is 1. The lowest BCUT2D eigenvalue weighted by atomic mass is 10.2. The van der Waals surface area contributed by atoms with Crippen LogP contribution in [0.2, 0.25) is 5.02 Å². The molecular formula is C13H13ClN2O2. The molecule has 1 amide bonds. The number of amides is 1. The molecule has 0 aliphatic heterocycles. The third-order valence-electron chi connectivity index (χ3n) is 2.50. The highest BCUT2D eigenvalue weighted by atomic mass is 35.5. The molecule has 5 heteroatoms. The highest BCUT2D eigenvalue weighted by molar-refractivity contribution is 6.35. The topological polar surface area (TPSA) is 62.2 Å². The second-order valence-corrected chi connectivity index (χ2v) is 4.27. The van der Waals surface area contributed by atoms with Gasteiger partial charge in [0.1, 0.15) is 0 Å². The van der Waals surface area contributed by atoms with Gasteiger partial charge in [-0.25, -0.2) is 0 Å². The number of hydrogen-bond donors (Lipinski definition) is 2. The van der Waals surface area contributed by atoms with E-state index in [-0.39, 0.29) is 25.5 Å². The summed E-state index contributed by atoms with van der Waals surface area (Å²) in [6.45, 7) is 0.190. The molecule has 0 radical (unpaired) electrons. The van der Waals surface area contributed by atoms with Crippen molar-refractivity contribution < 1.29 is 9.90 Å². The van der Waals surface area contributed by atoms with Crippen molar-refractivity contribution in [3.63, 3.8) is 0 Å². The molecule has 0 unspecified atom stereocenters. The molecule has 0 aliphatic carbocycles. The monoisotopic (exact) mass is 264 g/mol. The number of fused-ring (bicyclic) bond motifs is 1. The number of aliphatic hydroxyl groups is 1. The molecule has 0 bridgehead atoms. The van der Waals surface area contributed by atoms with Crippen molar-refractivity contribution in [2.75, 3.05) is 13.2 Å². The van der Waals surface area contributed by atoms with Gasteiger partial charge in [0.15, 0.2) is 0 Å². The summed E-state index contributed by atoms with van der Waals surface area (Å²) >= 11 is 6.05. The predicted octanol–water partition coefficient (Wildman–Crippen LogP) is 1.54. The zero-order valence-electron chi connectivity index (χ0n) is 9.69. The van der Waals surface area contributed by atoms with Crippen LogP contribution in [-0.4, -0.2) is 29.1 Å². The molecule has 1 aromatic carbocycles. The van der Waals surface area contributed by atoms with Gasteiger partial charge in [0, 0.05) is 11.9 Å². The number of hydrogen-bond acceptors (Lipinski definition) is 3. The van der Waals surface area contributed by atoms with Gasteiger partial charge in [-0.2, -0.15) is 0 Å². The van der Waals surface area contributed by atoms with E-state index >= 15 is 0 Å². The van der Waals surface area contributed by atoms with Crippen molar-refractivity contribution >= 4 is 28.4 Å². The number of benzene rings is 1. The van der Waals surface area contributed by atoms with Crippen molar-refractivity contribution in [2.45, 2.75) is 6.42 Å².